The number of aromatic nitrogens is 1. The highest BCUT2D eigenvalue weighted by Gasteiger charge is 2.18. The second-order valence-corrected chi connectivity index (χ2v) is 7.92. The summed E-state index contributed by atoms with van der Waals surface area (Å²) in [5.41, 5.74) is 9.61. The van der Waals surface area contributed by atoms with Crippen molar-refractivity contribution in [1.29, 1.82) is 0 Å². The summed E-state index contributed by atoms with van der Waals surface area (Å²) in [4.78, 5) is 6.88. The molecular weight excluding hydrogens is 326 g/mol. The van der Waals surface area contributed by atoms with Crippen LogP contribution in [-0.4, -0.2) is 41.8 Å². The summed E-state index contributed by atoms with van der Waals surface area (Å²) in [6, 6.07) is 12.8. The Kier molecular flexibility index (Phi) is 7.34. The van der Waals surface area contributed by atoms with Gasteiger partial charge in [-0.2, -0.15) is 11.8 Å². The quantitative estimate of drug-likeness (QED) is 0.726. The molecule has 1 aliphatic rings. The van der Waals surface area contributed by atoms with Crippen molar-refractivity contribution in [1.82, 2.24) is 9.88 Å². The Labute approximate surface area is 156 Å². The molecule has 3 nitrogen and oxygen atoms in total. The molecule has 2 aromatic rings. The molecule has 0 aliphatic carbocycles. The fraction of sp³-hybridized carbons (Fsp3) is 0.476. The number of nitrogens with two attached hydrogens (primary N) is 1. The summed E-state index contributed by atoms with van der Waals surface area (Å²) in [6.45, 7) is 4.54. The molecule has 134 valence electrons. The molecule has 0 bridgehead atoms. The molecule has 0 spiro atoms. The molecule has 2 N–H and O–H groups in total. The van der Waals surface area contributed by atoms with Crippen molar-refractivity contribution in [3.63, 3.8) is 0 Å². The Morgan fingerprint density at radius 1 is 1.12 bits per heavy atom. The van der Waals surface area contributed by atoms with E-state index in [0.717, 1.165) is 18.2 Å². The molecule has 1 fully saturated rings. The van der Waals surface area contributed by atoms with Crippen molar-refractivity contribution in [2.45, 2.75) is 25.0 Å². The molecule has 25 heavy (non-hydrogen) atoms. The zero-order valence-corrected chi connectivity index (χ0v) is 15.8. The summed E-state index contributed by atoms with van der Waals surface area (Å²) in [6.07, 6.45) is 7.64. The average Bonchev–Trinajstić information content (AvgIpc) is 2.68. The third kappa shape index (κ3) is 5.56. The van der Waals surface area contributed by atoms with Gasteiger partial charge in [0.25, 0.3) is 0 Å². The van der Waals surface area contributed by atoms with Crippen LogP contribution in [-0.2, 0) is 5.75 Å². The van der Waals surface area contributed by atoms with Crippen molar-refractivity contribution in [2.75, 3.05) is 31.9 Å². The van der Waals surface area contributed by atoms with Crippen LogP contribution in [0.4, 0.5) is 0 Å². The highest BCUT2D eigenvalue weighted by Crippen LogP contribution is 2.26. The van der Waals surface area contributed by atoms with Gasteiger partial charge in [-0.15, -0.1) is 0 Å². The molecule has 0 radical (unpaired) electrons. The van der Waals surface area contributed by atoms with E-state index in [0.29, 0.717) is 0 Å². The van der Waals surface area contributed by atoms with E-state index < -0.39 is 0 Å². The average molecular weight is 356 g/mol. The van der Waals surface area contributed by atoms with Gasteiger partial charge in [0.1, 0.15) is 0 Å². The van der Waals surface area contributed by atoms with Gasteiger partial charge >= 0.3 is 0 Å². The molecule has 0 saturated carbocycles. The summed E-state index contributed by atoms with van der Waals surface area (Å²) in [5, 5.41) is 0. The van der Waals surface area contributed by atoms with E-state index in [-0.39, 0.29) is 0 Å². The Balaban J connectivity index is 1.44. The molecule has 1 aliphatic heterocycles. The van der Waals surface area contributed by atoms with Crippen molar-refractivity contribution in [2.24, 2.45) is 11.7 Å². The van der Waals surface area contributed by atoms with Gasteiger partial charge in [0.15, 0.2) is 0 Å². The monoisotopic (exact) mass is 355 g/mol. The SMILES string of the molecule is NCCC1CCN(CCSCc2ccccc2-c2cccnc2)CC1. The third-order valence-corrected chi connectivity index (χ3v) is 6.07. The summed E-state index contributed by atoms with van der Waals surface area (Å²) in [5.74, 6) is 3.12. The van der Waals surface area contributed by atoms with Crippen LogP contribution in [0.5, 0.6) is 0 Å². The van der Waals surface area contributed by atoms with Gasteiger partial charge in [-0.25, -0.2) is 0 Å². The Hall–Kier alpha value is -1.36. The fourth-order valence-corrected chi connectivity index (χ4v) is 4.56. The van der Waals surface area contributed by atoms with Gasteiger partial charge in [-0.05, 0) is 62.0 Å². The lowest BCUT2D eigenvalue weighted by Gasteiger charge is -2.31. The maximum absolute atomic E-state index is 5.68. The first-order valence-corrected chi connectivity index (χ1v) is 10.5. The van der Waals surface area contributed by atoms with E-state index in [2.05, 4.69) is 40.2 Å². The largest absolute Gasteiger partial charge is 0.330 e. The molecule has 0 amide bonds. The minimum Gasteiger partial charge on any atom is -0.330 e. The maximum Gasteiger partial charge on any atom is 0.0346 e. The lowest BCUT2D eigenvalue weighted by molar-refractivity contribution is 0.189. The van der Waals surface area contributed by atoms with Crippen molar-refractivity contribution in [3.05, 3.63) is 54.4 Å². The van der Waals surface area contributed by atoms with Crippen LogP contribution in [0.1, 0.15) is 24.8 Å². The van der Waals surface area contributed by atoms with Crippen LogP contribution >= 0.6 is 11.8 Å². The summed E-state index contributed by atoms with van der Waals surface area (Å²) >= 11 is 2.04. The number of hydrogen-bond donors (Lipinski definition) is 1. The van der Waals surface area contributed by atoms with Crippen molar-refractivity contribution < 1.29 is 0 Å². The zero-order valence-electron chi connectivity index (χ0n) is 14.9. The molecule has 1 aromatic heterocycles. The number of rotatable bonds is 8. The van der Waals surface area contributed by atoms with E-state index >= 15 is 0 Å². The molecule has 4 heteroatoms. The zero-order chi connectivity index (χ0) is 17.3. The van der Waals surface area contributed by atoms with Gasteiger partial charge in [0, 0.05) is 36.0 Å². The van der Waals surface area contributed by atoms with Crippen LogP contribution in [0.3, 0.4) is 0 Å². The van der Waals surface area contributed by atoms with Crippen LogP contribution in [0, 0.1) is 5.92 Å². The molecule has 0 unspecified atom stereocenters. The second-order valence-electron chi connectivity index (χ2n) is 6.81. The number of pyridine rings is 1. The van der Waals surface area contributed by atoms with E-state index in [1.807, 2.05) is 30.2 Å². The van der Waals surface area contributed by atoms with Crippen LogP contribution in [0.25, 0.3) is 11.1 Å². The Morgan fingerprint density at radius 3 is 2.72 bits per heavy atom. The maximum atomic E-state index is 5.68. The standard InChI is InChI=1S/C21H29N3S/c22-10-7-18-8-12-24(13-9-18)14-15-25-17-20-4-1-2-6-21(20)19-5-3-11-23-16-19/h1-6,11,16,18H,7-10,12-15,17,22H2. The Bertz CT molecular complexity index is 624. The number of hydrogen-bond acceptors (Lipinski definition) is 4. The number of thioether (sulfide) groups is 1. The number of nitrogens with zero attached hydrogens (tertiary/aromatic N) is 2. The molecule has 3 rings (SSSR count). The van der Waals surface area contributed by atoms with Crippen LogP contribution in [0.2, 0.25) is 0 Å². The second kappa shape index (κ2) is 9.95. The van der Waals surface area contributed by atoms with Gasteiger partial charge in [0.2, 0.25) is 0 Å². The van der Waals surface area contributed by atoms with E-state index in [1.165, 1.54) is 61.3 Å². The van der Waals surface area contributed by atoms with E-state index in [1.54, 1.807) is 0 Å². The minimum absolute atomic E-state index is 0.844. The third-order valence-electron chi connectivity index (χ3n) is 5.08. The Morgan fingerprint density at radius 2 is 1.96 bits per heavy atom. The molecule has 1 aromatic carbocycles. The first-order valence-electron chi connectivity index (χ1n) is 9.35. The fourth-order valence-electron chi connectivity index (χ4n) is 3.56. The lowest BCUT2D eigenvalue weighted by Crippen LogP contribution is -2.35. The number of piperidine rings is 1. The number of likely N-dealkylation sites (tertiary alicyclic amines) is 1. The van der Waals surface area contributed by atoms with Crippen LogP contribution in [0.15, 0.2) is 48.8 Å². The topological polar surface area (TPSA) is 42.1 Å². The smallest absolute Gasteiger partial charge is 0.0346 e. The minimum atomic E-state index is 0.844. The predicted molar refractivity (Wildman–Crippen MR) is 109 cm³/mol. The lowest BCUT2D eigenvalue weighted by atomic mass is 9.94. The predicted octanol–water partition coefficient (Wildman–Crippen LogP) is 4.04. The first-order chi connectivity index (χ1) is 12.4. The van der Waals surface area contributed by atoms with Gasteiger partial charge in [-0.3, -0.25) is 4.98 Å². The summed E-state index contributed by atoms with van der Waals surface area (Å²) in [7, 11) is 0. The first kappa shape index (κ1) is 18.4. The molecule has 0 atom stereocenters. The molecule has 1 saturated heterocycles. The van der Waals surface area contributed by atoms with Gasteiger partial charge in [0.05, 0.1) is 0 Å². The highest BCUT2D eigenvalue weighted by molar-refractivity contribution is 7.98. The van der Waals surface area contributed by atoms with E-state index in [4.69, 9.17) is 5.73 Å². The molecule has 2 heterocycles. The normalized spacial score (nSPS) is 16.2. The highest BCUT2D eigenvalue weighted by atomic mass is 32.2. The van der Waals surface area contributed by atoms with Crippen LogP contribution < -0.4 is 5.73 Å². The molecular formula is C21H29N3S. The van der Waals surface area contributed by atoms with Gasteiger partial charge in [-0.1, -0.05) is 30.3 Å². The summed E-state index contributed by atoms with van der Waals surface area (Å²) < 4.78 is 0. The van der Waals surface area contributed by atoms with Gasteiger partial charge < -0.3 is 10.6 Å². The van der Waals surface area contributed by atoms with Crippen molar-refractivity contribution >= 4 is 11.8 Å². The van der Waals surface area contributed by atoms with Crippen molar-refractivity contribution in [3.8, 4) is 11.1 Å². The van der Waals surface area contributed by atoms with E-state index in [9.17, 15) is 0 Å². The number of benzene rings is 1.